The molecule has 4 nitrogen and oxygen atoms in total. The van der Waals surface area contributed by atoms with Crippen LogP contribution in [0.1, 0.15) is 28.8 Å². The molecule has 4 N–H and O–H groups in total. The summed E-state index contributed by atoms with van der Waals surface area (Å²) in [6.07, 6.45) is 2.32. The van der Waals surface area contributed by atoms with Crippen molar-refractivity contribution in [3.63, 3.8) is 0 Å². The van der Waals surface area contributed by atoms with Crippen LogP contribution in [0, 0.1) is 0 Å². The van der Waals surface area contributed by atoms with Gasteiger partial charge in [-0.15, -0.1) is 0 Å². The smallest absolute Gasteiger partial charge is 0.250 e. The molecule has 0 saturated heterocycles. The number of primary amides is 1. The Morgan fingerprint density at radius 2 is 2.15 bits per heavy atom. The van der Waals surface area contributed by atoms with Gasteiger partial charge in [0.1, 0.15) is 0 Å². The largest absolute Gasteiger partial charge is 0.399 e. The molecule has 0 bridgehead atoms. The van der Waals surface area contributed by atoms with Crippen molar-refractivity contribution >= 4 is 28.6 Å². The van der Waals surface area contributed by atoms with E-state index >= 15 is 0 Å². The zero-order valence-corrected chi connectivity index (χ0v) is 11.9. The van der Waals surface area contributed by atoms with E-state index in [2.05, 4.69) is 21.7 Å². The van der Waals surface area contributed by atoms with Crippen molar-refractivity contribution in [2.24, 2.45) is 5.73 Å². The predicted molar refractivity (Wildman–Crippen MR) is 82.9 cm³/mol. The highest BCUT2D eigenvalue weighted by atomic mass is 32.1. The fourth-order valence-electron chi connectivity index (χ4n) is 2.38. The lowest BCUT2D eigenvalue weighted by atomic mass is 10.1. The van der Waals surface area contributed by atoms with Crippen molar-refractivity contribution in [3.8, 4) is 0 Å². The minimum Gasteiger partial charge on any atom is -0.399 e. The standard InChI is InChI=1S/C15H17N3OS/c16-11-1-4-14(13(7-11)15(17)19)18(12-2-3-12)8-10-5-6-20-9-10/h1,4-7,9,12H,2-3,8,16H2,(H2,17,19). The molecule has 1 aliphatic rings. The van der Waals surface area contributed by atoms with Gasteiger partial charge >= 0.3 is 0 Å². The van der Waals surface area contributed by atoms with Gasteiger partial charge in [-0.05, 0) is 53.4 Å². The van der Waals surface area contributed by atoms with Crippen LogP contribution in [0.15, 0.2) is 35.0 Å². The number of carbonyl (C=O) groups excluding carboxylic acids is 1. The molecule has 1 fully saturated rings. The van der Waals surface area contributed by atoms with E-state index in [-0.39, 0.29) is 0 Å². The molecule has 20 heavy (non-hydrogen) atoms. The molecule has 1 aliphatic carbocycles. The van der Waals surface area contributed by atoms with Crippen molar-refractivity contribution in [3.05, 3.63) is 46.2 Å². The van der Waals surface area contributed by atoms with Crippen LogP contribution in [0.2, 0.25) is 0 Å². The van der Waals surface area contributed by atoms with E-state index in [1.54, 1.807) is 17.4 Å². The van der Waals surface area contributed by atoms with Crippen molar-refractivity contribution in [1.29, 1.82) is 0 Å². The molecule has 0 aliphatic heterocycles. The lowest BCUT2D eigenvalue weighted by Crippen LogP contribution is -2.28. The summed E-state index contributed by atoms with van der Waals surface area (Å²) in [6, 6.07) is 8.00. The topological polar surface area (TPSA) is 72.3 Å². The SMILES string of the molecule is NC(=O)c1cc(N)ccc1N(Cc1ccsc1)C1CC1. The van der Waals surface area contributed by atoms with Gasteiger partial charge in [0.25, 0.3) is 5.91 Å². The Bertz CT molecular complexity index is 620. The number of thiophene rings is 1. The van der Waals surface area contributed by atoms with Crippen LogP contribution in [-0.2, 0) is 6.54 Å². The van der Waals surface area contributed by atoms with Gasteiger partial charge in [-0.1, -0.05) is 0 Å². The molecule has 5 heteroatoms. The molecule has 0 unspecified atom stereocenters. The lowest BCUT2D eigenvalue weighted by Gasteiger charge is -2.26. The quantitative estimate of drug-likeness (QED) is 0.830. The first-order valence-electron chi connectivity index (χ1n) is 6.62. The van der Waals surface area contributed by atoms with Crippen LogP contribution in [0.4, 0.5) is 11.4 Å². The summed E-state index contributed by atoms with van der Waals surface area (Å²) in [5.41, 5.74) is 14.5. The Kier molecular flexibility index (Phi) is 3.36. The van der Waals surface area contributed by atoms with Gasteiger partial charge in [0.2, 0.25) is 0 Å². The van der Waals surface area contributed by atoms with Crippen molar-refractivity contribution in [1.82, 2.24) is 0 Å². The summed E-state index contributed by atoms with van der Waals surface area (Å²) in [5.74, 6) is -0.428. The van der Waals surface area contributed by atoms with Gasteiger partial charge in [-0.3, -0.25) is 4.79 Å². The molecule has 1 aromatic heterocycles. The number of carbonyl (C=O) groups is 1. The Morgan fingerprint density at radius 1 is 1.35 bits per heavy atom. The van der Waals surface area contributed by atoms with Crippen molar-refractivity contribution in [2.75, 3.05) is 10.6 Å². The van der Waals surface area contributed by atoms with E-state index in [1.165, 1.54) is 5.56 Å². The molecular weight excluding hydrogens is 270 g/mol. The second-order valence-corrected chi connectivity index (χ2v) is 5.91. The maximum atomic E-state index is 11.7. The minimum atomic E-state index is -0.428. The third-order valence-corrected chi connectivity index (χ3v) is 4.25. The molecule has 2 aromatic rings. The van der Waals surface area contributed by atoms with Gasteiger partial charge in [0, 0.05) is 18.3 Å². The van der Waals surface area contributed by atoms with E-state index in [0.717, 1.165) is 25.1 Å². The van der Waals surface area contributed by atoms with E-state index in [4.69, 9.17) is 11.5 Å². The zero-order valence-electron chi connectivity index (χ0n) is 11.1. The van der Waals surface area contributed by atoms with Gasteiger partial charge in [0.15, 0.2) is 0 Å². The second kappa shape index (κ2) is 5.17. The van der Waals surface area contributed by atoms with E-state index in [0.29, 0.717) is 17.3 Å². The van der Waals surface area contributed by atoms with Gasteiger partial charge in [0.05, 0.1) is 11.3 Å². The molecule has 3 rings (SSSR count). The number of rotatable bonds is 5. The number of amides is 1. The van der Waals surface area contributed by atoms with E-state index < -0.39 is 5.91 Å². The Balaban J connectivity index is 1.97. The van der Waals surface area contributed by atoms with Gasteiger partial charge in [-0.2, -0.15) is 11.3 Å². The molecule has 0 atom stereocenters. The van der Waals surface area contributed by atoms with Gasteiger partial charge in [-0.25, -0.2) is 0 Å². The first-order chi connectivity index (χ1) is 9.65. The molecule has 0 radical (unpaired) electrons. The van der Waals surface area contributed by atoms with Crippen molar-refractivity contribution in [2.45, 2.75) is 25.4 Å². The minimum absolute atomic E-state index is 0.428. The summed E-state index contributed by atoms with van der Waals surface area (Å²) >= 11 is 1.68. The first kappa shape index (κ1) is 13.0. The summed E-state index contributed by atoms with van der Waals surface area (Å²) in [5, 5.41) is 4.20. The van der Waals surface area contributed by atoms with Crippen LogP contribution in [0.25, 0.3) is 0 Å². The van der Waals surface area contributed by atoms with Crippen LogP contribution >= 0.6 is 11.3 Å². The van der Waals surface area contributed by atoms with Crippen molar-refractivity contribution < 1.29 is 4.79 Å². The summed E-state index contributed by atoms with van der Waals surface area (Å²) in [7, 11) is 0. The number of hydrogen-bond acceptors (Lipinski definition) is 4. The summed E-state index contributed by atoms with van der Waals surface area (Å²) in [4.78, 5) is 13.9. The maximum Gasteiger partial charge on any atom is 0.250 e. The summed E-state index contributed by atoms with van der Waals surface area (Å²) < 4.78 is 0. The van der Waals surface area contributed by atoms with Crippen LogP contribution in [0.3, 0.4) is 0 Å². The zero-order chi connectivity index (χ0) is 14.1. The lowest BCUT2D eigenvalue weighted by molar-refractivity contribution is 0.100. The number of nitrogens with zero attached hydrogens (tertiary/aromatic N) is 1. The summed E-state index contributed by atoms with van der Waals surface area (Å²) in [6.45, 7) is 0.804. The highest BCUT2D eigenvalue weighted by molar-refractivity contribution is 7.07. The number of hydrogen-bond donors (Lipinski definition) is 2. The second-order valence-electron chi connectivity index (χ2n) is 5.13. The molecule has 1 amide bonds. The molecule has 1 heterocycles. The Morgan fingerprint density at radius 3 is 2.75 bits per heavy atom. The third-order valence-electron chi connectivity index (χ3n) is 3.52. The number of nitrogen functional groups attached to an aromatic ring is 1. The van der Waals surface area contributed by atoms with Crippen LogP contribution < -0.4 is 16.4 Å². The highest BCUT2D eigenvalue weighted by Crippen LogP contribution is 2.35. The molecule has 1 aromatic carbocycles. The number of benzene rings is 1. The fraction of sp³-hybridized carbons (Fsp3) is 0.267. The Hall–Kier alpha value is -2.01. The molecule has 1 saturated carbocycles. The van der Waals surface area contributed by atoms with E-state index in [9.17, 15) is 4.79 Å². The van der Waals surface area contributed by atoms with E-state index in [1.807, 2.05) is 12.1 Å². The predicted octanol–water partition coefficient (Wildman–Crippen LogP) is 2.60. The molecule has 0 spiro atoms. The fourth-order valence-corrected chi connectivity index (χ4v) is 3.04. The normalized spacial score (nSPS) is 14.2. The molecule has 104 valence electrons. The van der Waals surface area contributed by atoms with Crippen LogP contribution in [0.5, 0.6) is 0 Å². The first-order valence-corrected chi connectivity index (χ1v) is 7.56. The monoisotopic (exact) mass is 287 g/mol. The number of anilines is 2. The average Bonchev–Trinajstić information content (AvgIpc) is 3.13. The number of nitrogens with two attached hydrogens (primary N) is 2. The van der Waals surface area contributed by atoms with Gasteiger partial charge < -0.3 is 16.4 Å². The molecular formula is C15H17N3OS. The average molecular weight is 287 g/mol. The Labute approximate surface area is 122 Å². The highest BCUT2D eigenvalue weighted by Gasteiger charge is 2.31. The maximum absolute atomic E-state index is 11.7. The van der Waals surface area contributed by atoms with Crippen LogP contribution in [-0.4, -0.2) is 11.9 Å². The third kappa shape index (κ3) is 2.63.